The van der Waals surface area contributed by atoms with Gasteiger partial charge in [0.25, 0.3) is 0 Å². The number of aromatic nitrogens is 1. The fraction of sp³-hybridized carbons (Fsp3) is 0.231. The van der Waals surface area contributed by atoms with Gasteiger partial charge >= 0.3 is 0 Å². The molecule has 1 amide bonds. The molecular weight excluding hydrogens is 388 g/mol. The Bertz CT molecular complexity index is 1150. The Kier molecular flexibility index (Phi) is 5.96. The number of nitrogens with zero attached hydrogens (tertiary/aromatic N) is 2. The van der Waals surface area contributed by atoms with Gasteiger partial charge in [-0.05, 0) is 47.2 Å². The number of carbonyl (C=O) groups excluding carboxylic acids is 1. The summed E-state index contributed by atoms with van der Waals surface area (Å²) in [7, 11) is 0. The first-order chi connectivity index (χ1) is 14.5. The van der Waals surface area contributed by atoms with Crippen molar-refractivity contribution < 1.29 is 4.79 Å². The van der Waals surface area contributed by atoms with Crippen LogP contribution in [0.5, 0.6) is 0 Å². The van der Waals surface area contributed by atoms with Crippen LogP contribution in [0.4, 0.5) is 5.13 Å². The average Bonchev–Trinajstić information content (AvgIpc) is 3.15. The van der Waals surface area contributed by atoms with Gasteiger partial charge < -0.3 is 0 Å². The van der Waals surface area contributed by atoms with E-state index in [1.165, 1.54) is 11.1 Å². The fourth-order valence-corrected chi connectivity index (χ4v) is 4.53. The van der Waals surface area contributed by atoms with Crippen molar-refractivity contribution in [3.05, 3.63) is 95.1 Å². The van der Waals surface area contributed by atoms with Crippen molar-refractivity contribution in [3.63, 3.8) is 0 Å². The zero-order valence-electron chi connectivity index (χ0n) is 17.6. The third-order valence-electron chi connectivity index (χ3n) is 5.25. The molecule has 0 aliphatic rings. The lowest BCUT2D eigenvalue weighted by Crippen LogP contribution is -2.31. The summed E-state index contributed by atoms with van der Waals surface area (Å²) in [6, 6.07) is 24.7. The summed E-state index contributed by atoms with van der Waals surface area (Å²) in [5.74, 6) is 0.544. The molecule has 4 rings (SSSR count). The monoisotopic (exact) mass is 414 g/mol. The van der Waals surface area contributed by atoms with Crippen molar-refractivity contribution in [2.45, 2.75) is 39.7 Å². The summed E-state index contributed by atoms with van der Waals surface area (Å²) in [6.45, 7) is 6.95. The van der Waals surface area contributed by atoms with Gasteiger partial charge in [-0.15, -0.1) is 0 Å². The average molecular weight is 415 g/mol. The predicted octanol–water partition coefficient (Wildman–Crippen LogP) is 6.50. The molecule has 0 saturated carbocycles. The van der Waals surface area contributed by atoms with Crippen LogP contribution in [0.2, 0.25) is 0 Å². The van der Waals surface area contributed by atoms with Crippen LogP contribution in [-0.4, -0.2) is 10.9 Å². The number of rotatable bonds is 6. The van der Waals surface area contributed by atoms with E-state index in [1.54, 1.807) is 11.3 Å². The van der Waals surface area contributed by atoms with Crippen LogP contribution in [0, 0.1) is 6.92 Å². The third-order valence-corrected chi connectivity index (χ3v) is 6.29. The molecule has 0 aliphatic carbocycles. The molecule has 0 saturated heterocycles. The molecule has 3 aromatic carbocycles. The van der Waals surface area contributed by atoms with E-state index in [4.69, 9.17) is 4.98 Å². The van der Waals surface area contributed by atoms with Crippen molar-refractivity contribution in [2.24, 2.45) is 0 Å². The van der Waals surface area contributed by atoms with Crippen LogP contribution in [0.3, 0.4) is 0 Å². The van der Waals surface area contributed by atoms with Gasteiger partial charge in [0, 0.05) is 0 Å². The highest BCUT2D eigenvalue weighted by Crippen LogP contribution is 2.31. The minimum Gasteiger partial charge on any atom is -0.283 e. The highest BCUT2D eigenvalue weighted by atomic mass is 32.1. The van der Waals surface area contributed by atoms with Gasteiger partial charge in [0.2, 0.25) is 5.91 Å². The molecule has 0 radical (unpaired) electrons. The van der Waals surface area contributed by atoms with Gasteiger partial charge in [-0.3, -0.25) is 9.69 Å². The minimum atomic E-state index is 0.0620. The normalized spacial score (nSPS) is 11.2. The van der Waals surface area contributed by atoms with E-state index in [0.29, 0.717) is 18.9 Å². The Labute approximate surface area is 182 Å². The largest absolute Gasteiger partial charge is 0.283 e. The van der Waals surface area contributed by atoms with Crippen LogP contribution in [0.25, 0.3) is 10.2 Å². The van der Waals surface area contributed by atoms with Gasteiger partial charge in [-0.1, -0.05) is 85.8 Å². The van der Waals surface area contributed by atoms with Crippen LogP contribution in [0.1, 0.15) is 42.0 Å². The first-order valence-electron chi connectivity index (χ1n) is 10.3. The Morgan fingerprint density at radius 2 is 1.70 bits per heavy atom. The van der Waals surface area contributed by atoms with Crippen molar-refractivity contribution in [1.29, 1.82) is 0 Å². The van der Waals surface area contributed by atoms with Crippen molar-refractivity contribution in [3.8, 4) is 0 Å². The highest BCUT2D eigenvalue weighted by molar-refractivity contribution is 7.22. The smallest absolute Gasteiger partial charge is 0.233 e. The molecule has 0 bridgehead atoms. The molecule has 0 spiro atoms. The highest BCUT2D eigenvalue weighted by Gasteiger charge is 2.20. The van der Waals surface area contributed by atoms with E-state index in [0.717, 1.165) is 26.5 Å². The van der Waals surface area contributed by atoms with Crippen molar-refractivity contribution >= 4 is 32.6 Å². The van der Waals surface area contributed by atoms with Gasteiger partial charge in [0.05, 0.1) is 23.2 Å². The van der Waals surface area contributed by atoms with Gasteiger partial charge in [0.1, 0.15) is 0 Å². The number of benzene rings is 3. The lowest BCUT2D eigenvalue weighted by atomic mass is 10.0. The van der Waals surface area contributed by atoms with E-state index in [9.17, 15) is 4.79 Å². The van der Waals surface area contributed by atoms with Gasteiger partial charge in [-0.25, -0.2) is 4.98 Å². The maximum atomic E-state index is 13.4. The third kappa shape index (κ3) is 4.60. The van der Waals surface area contributed by atoms with Crippen LogP contribution >= 0.6 is 11.3 Å². The van der Waals surface area contributed by atoms with Crippen molar-refractivity contribution in [2.75, 3.05) is 4.90 Å². The van der Waals surface area contributed by atoms with Gasteiger partial charge in [-0.2, -0.15) is 0 Å². The number of aryl methyl sites for hydroxylation is 1. The molecular formula is C26H26N2OS. The SMILES string of the molecule is Cc1ccc2nc(N(Cc3ccccc3)C(=O)Cc3ccc(C(C)C)cc3)sc2c1. The molecule has 1 heterocycles. The lowest BCUT2D eigenvalue weighted by molar-refractivity contribution is -0.118. The summed E-state index contributed by atoms with van der Waals surface area (Å²) in [5, 5.41) is 0.753. The topological polar surface area (TPSA) is 33.2 Å². The van der Waals surface area contributed by atoms with Crippen LogP contribution < -0.4 is 4.90 Å². The Morgan fingerprint density at radius 3 is 2.40 bits per heavy atom. The summed E-state index contributed by atoms with van der Waals surface area (Å²) in [5.41, 5.74) is 5.54. The van der Waals surface area contributed by atoms with Crippen LogP contribution in [0.15, 0.2) is 72.8 Å². The van der Waals surface area contributed by atoms with E-state index < -0.39 is 0 Å². The summed E-state index contributed by atoms with van der Waals surface area (Å²) >= 11 is 1.58. The Morgan fingerprint density at radius 1 is 0.967 bits per heavy atom. The van der Waals surface area contributed by atoms with Crippen molar-refractivity contribution in [1.82, 2.24) is 4.98 Å². The number of hydrogen-bond acceptors (Lipinski definition) is 3. The number of carbonyl (C=O) groups is 1. The number of hydrogen-bond donors (Lipinski definition) is 0. The number of anilines is 1. The molecule has 0 fully saturated rings. The molecule has 4 heteroatoms. The second kappa shape index (κ2) is 8.80. The summed E-state index contributed by atoms with van der Waals surface area (Å²) in [6.07, 6.45) is 0.361. The quantitative estimate of drug-likeness (QED) is 0.361. The zero-order chi connectivity index (χ0) is 21.1. The predicted molar refractivity (Wildman–Crippen MR) is 126 cm³/mol. The molecule has 4 aromatic rings. The maximum Gasteiger partial charge on any atom is 0.233 e. The molecule has 30 heavy (non-hydrogen) atoms. The molecule has 1 aromatic heterocycles. The standard InChI is InChI=1S/C26H26N2OS/c1-18(2)22-12-10-20(11-13-22)16-25(29)28(17-21-7-5-4-6-8-21)26-27-23-14-9-19(3)15-24(23)30-26/h4-15,18H,16-17H2,1-3H3. The Balaban J connectivity index is 1.64. The molecule has 0 atom stereocenters. The van der Waals surface area contributed by atoms with Crippen LogP contribution in [-0.2, 0) is 17.8 Å². The van der Waals surface area contributed by atoms with E-state index in [-0.39, 0.29) is 5.91 Å². The molecule has 0 aliphatic heterocycles. The second-order valence-corrected chi connectivity index (χ2v) is 9.02. The minimum absolute atomic E-state index is 0.0620. The molecule has 152 valence electrons. The number of thiazole rings is 1. The first kappa shape index (κ1) is 20.3. The maximum absolute atomic E-state index is 13.4. The number of fused-ring (bicyclic) bond motifs is 1. The van der Waals surface area contributed by atoms with E-state index >= 15 is 0 Å². The van der Waals surface area contributed by atoms with Gasteiger partial charge in [0.15, 0.2) is 5.13 Å². The zero-order valence-corrected chi connectivity index (χ0v) is 18.4. The summed E-state index contributed by atoms with van der Waals surface area (Å²) in [4.78, 5) is 20.0. The molecule has 3 nitrogen and oxygen atoms in total. The molecule has 0 N–H and O–H groups in total. The molecule has 0 unspecified atom stereocenters. The first-order valence-corrected chi connectivity index (χ1v) is 11.1. The second-order valence-electron chi connectivity index (χ2n) is 8.01. The lowest BCUT2D eigenvalue weighted by Gasteiger charge is -2.20. The van der Waals surface area contributed by atoms with E-state index in [1.807, 2.05) is 29.2 Å². The number of amides is 1. The fourth-order valence-electron chi connectivity index (χ4n) is 3.45. The Hall–Kier alpha value is -2.98. The summed E-state index contributed by atoms with van der Waals surface area (Å²) < 4.78 is 1.11. The van der Waals surface area contributed by atoms with E-state index in [2.05, 4.69) is 69.3 Å².